The van der Waals surface area contributed by atoms with Gasteiger partial charge in [-0.05, 0) is 17.7 Å². The van der Waals surface area contributed by atoms with Crippen molar-refractivity contribution in [3.05, 3.63) is 23.9 Å². The monoisotopic (exact) mass is 167 g/mol. The number of anilines is 1. The van der Waals surface area contributed by atoms with Crippen LogP contribution in [0.3, 0.4) is 0 Å². The molecule has 1 heterocycles. The number of nitrogens with zero attached hydrogens (tertiary/aromatic N) is 1. The molecule has 64 valence electrons. The Morgan fingerprint density at radius 3 is 2.83 bits per heavy atom. The van der Waals surface area contributed by atoms with Crippen LogP contribution in [0.25, 0.3) is 0 Å². The van der Waals surface area contributed by atoms with Gasteiger partial charge >= 0.3 is 5.97 Å². The SMILES string of the molecule is Nc1cc(C(N)C(=O)O)ccn1. The van der Waals surface area contributed by atoms with E-state index < -0.39 is 12.0 Å². The van der Waals surface area contributed by atoms with E-state index in [1.807, 2.05) is 0 Å². The number of hydrogen-bond donors (Lipinski definition) is 3. The number of pyridine rings is 1. The van der Waals surface area contributed by atoms with E-state index in [-0.39, 0.29) is 5.82 Å². The summed E-state index contributed by atoms with van der Waals surface area (Å²) >= 11 is 0. The number of carboxylic acids is 1. The summed E-state index contributed by atoms with van der Waals surface area (Å²) < 4.78 is 0. The highest BCUT2D eigenvalue weighted by atomic mass is 16.4. The van der Waals surface area contributed by atoms with Gasteiger partial charge in [0.25, 0.3) is 0 Å². The molecule has 5 N–H and O–H groups in total. The normalized spacial score (nSPS) is 12.4. The van der Waals surface area contributed by atoms with E-state index in [1.165, 1.54) is 18.3 Å². The van der Waals surface area contributed by atoms with Crippen molar-refractivity contribution < 1.29 is 9.90 Å². The Hall–Kier alpha value is -1.62. The number of carboxylic acid groups (broad SMARTS) is 1. The summed E-state index contributed by atoms with van der Waals surface area (Å²) in [7, 11) is 0. The molecular weight excluding hydrogens is 158 g/mol. The van der Waals surface area contributed by atoms with E-state index in [4.69, 9.17) is 16.6 Å². The quantitative estimate of drug-likeness (QED) is 0.563. The Morgan fingerprint density at radius 1 is 1.67 bits per heavy atom. The van der Waals surface area contributed by atoms with Crippen molar-refractivity contribution in [3.63, 3.8) is 0 Å². The maximum Gasteiger partial charge on any atom is 0.325 e. The van der Waals surface area contributed by atoms with Crippen LogP contribution >= 0.6 is 0 Å². The van der Waals surface area contributed by atoms with Crippen LogP contribution in [0, 0.1) is 0 Å². The molecule has 5 heteroatoms. The fourth-order valence-corrected chi connectivity index (χ4v) is 0.802. The molecule has 0 fully saturated rings. The fraction of sp³-hybridized carbons (Fsp3) is 0.143. The number of aliphatic carboxylic acids is 1. The van der Waals surface area contributed by atoms with Crippen LogP contribution in [0.2, 0.25) is 0 Å². The summed E-state index contributed by atoms with van der Waals surface area (Å²) in [5.74, 6) is -0.815. The Balaban J connectivity index is 2.95. The molecule has 1 rings (SSSR count). The van der Waals surface area contributed by atoms with Gasteiger partial charge in [0.1, 0.15) is 11.9 Å². The molecule has 1 unspecified atom stereocenters. The number of hydrogen-bond acceptors (Lipinski definition) is 4. The maximum atomic E-state index is 10.4. The van der Waals surface area contributed by atoms with Crippen molar-refractivity contribution in [2.75, 3.05) is 5.73 Å². The molecule has 0 bridgehead atoms. The zero-order valence-electron chi connectivity index (χ0n) is 6.27. The molecular formula is C7H9N3O2. The van der Waals surface area contributed by atoms with E-state index in [0.29, 0.717) is 5.56 Å². The first-order valence-electron chi connectivity index (χ1n) is 3.31. The number of rotatable bonds is 2. The van der Waals surface area contributed by atoms with E-state index >= 15 is 0 Å². The van der Waals surface area contributed by atoms with Crippen LogP contribution in [-0.4, -0.2) is 16.1 Å². The second kappa shape index (κ2) is 3.19. The van der Waals surface area contributed by atoms with Gasteiger partial charge in [0.05, 0.1) is 0 Å². The van der Waals surface area contributed by atoms with Crippen LogP contribution in [0.1, 0.15) is 11.6 Å². The molecule has 1 aromatic heterocycles. The van der Waals surface area contributed by atoms with Gasteiger partial charge in [-0.3, -0.25) is 4.79 Å². The van der Waals surface area contributed by atoms with Crippen LogP contribution in [-0.2, 0) is 4.79 Å². The summed E-state index contributed by atoms with van der Waals surface area (Å²) in [6, 6.07) is 1.93. The van der Waals surface area contributed by atoms with E-state index in [1.54, 1.807) is 0 Å². The van der Waals surface area contributed by atoms with E-state index in [9.17, 15) is 4.79 Å². The molecule has 5 nitrogen and oxygen atoms in total. The predicted octanol–water partition coefficient (Wildman–Crippen LogP) is -0.252. The van der Waals surface area contributed by atoms with Gasteiger partial charge in [0.15, 0.2) is 0 Å². The summed E-state index contributed by atoms with van der Waals surface area (Å²) in [6.45, 7) is 0. The number of nitrogen functional groups attached to an aromatic ring is 1. The molecule has 0 aliphatic heterocycles. The third kappa shape index (κ3) is 1.70. The Morgan fingerprint density at radius 2 is 2.33 bits per heavy atom. The first-order chi connectivity index (χ1) is 5.61. The molecule has 0 aliphatic rings. The van der Waals surface area contributed by atoms with E-state index in [2.05, 4.69) is 4.98 Å². The van der Waals surface area contributed by atoms with Gasteiger partial charge in [0, 0.05) is 6.20 Å². The second-order valence-electron chi connectivity index (χ2n) is 2.33. The number of aromatic nitrogens is 1. The van der Waals surface area contributed by atoms with Crippen LogP contribution in [0.15, 0.2) is 18.3 Å². The minimum absolute atomic E-state index is 0.268. The lowest BCUT2D eigenvalue weighted by Gasteiger charge is -2.05. The molecule has 0 spiro atoms. The molecule has 0 saturated carbocycles. The zero-order valence-corrected chi connectivity index (χ0v) is 6.27. The topological polar surface area (TPSA) is 102 Å². The van der Waals surface area contributed by atoms with Crippen molar-refractivity contribution in [2.45, 2.75) is 6.04 Å². The molecule has 0 saturated heterocycles. The van der Waals surface area contributed by atoms with Gasteiger partial charge in [-0.1, -0.05) is 0 Å². The van der Waals surface area contributed by atoms with Gasteiger partial charge in [0.2, 0.25) is 0 Å². The molecule has 1 aromatic rings. The molecule has 0 aliphatic carbocycles. The lowest BCUT2D eigenvalue weighted by atomic mass is 10.1. The van der Waals surface area contributed by atoms with Crippen molar-refractivity contribution in [1.82, 2.24) is 4.98 Å². The lowest BCUT2D eigenvalue weighted by molar-refractivity contribution is -0.138. The average Bonchev–Trinajstić information content (AvgIpc) is 2.03. The first kappa shape index (κ1) is 8.48. The van der Waals surface area contributed by atoms with Crippen molar-refractivity contribution in [1.29, 1.82) is 0 Å². The van der Waals surface area contributed by atoms with Gasteiger partial charge in [-0.2, -0.15) is 0 Å². The van der Waals surface area contributed by atoms with Crippen molar-refractivity contribution >= 4 is 11.8 Å². The minimum atomic E-state index is -1.08. The zero-order chi connectivity index (χ0) is 9.14. The van der Waals surface area contributed by atoms with E-state index in [0.717, 1.165) is 0 Å². The molecule has 1 atom stereocenters. The standard InChI is InChI=1S/C7H9N3O2/c8-5-3-4(1-2-10-5)6(9)7(11)12/h1-3,6H,9H2,(H2,8,10)(H,11,12). The van der Waals surface area contributed by atoms with Gasteiger partial charge < -0.3 is 16.6 Å². The summed E-state index contributed by atoms with van der Waals surface area (Å²) in [5, 5.41) is 8.54. The highest BCUT2D eigenvalue weighted by Gasteiger charge is 2.13. The average molecular weight is 167 g/mol. The first-order valence-corrected chi connectivity index (χ1v) is 3.31. The predicted molar refractivity (Wildman–Crippen MR) is 43.2 cm³/mol. The summed E-state index contributed by atoms with van der Waals surface area (Å²) in [5.41, 5.74) is 11.1. The molecule has 0 aromatic carbocycles. The molecule has 0 radical (unpaired) electrons. The fourth-order valence-electron chi connectivity index (χ4n) is 0.802. The van der Waals surface area contributed by atoms with Crippen LogP contribution < -0.4 is 11.5 Å². The van der Waals surface area contributed by atoms with Gasteiger partial charge in [-0.25, -0.2) is 4.98 Å². The Bertz CT molecular complexity index is 300. The van der Waals surface area contributed by atoms with Crippen LogP contribution in [0.4, 0.5) is 5.82 Å². The third-order valence-corrected chi connectivity index (χ3v) is 1.43. The highest BCUT2D eigenvalue weighted by molar-refractivity contribution is 5.75. The summed E-state index contributed by atoms with van der Waals surface area (Å²) in [6.07, 6.45) is 1.42. The Labute approximate surface area is 69.0 Å². The third-order valence-electron chi connectivity index (χ3n) is 1.43. The van der Waals surface area contributed by atoms with Crippen LogP contribution in [0.5, 0.6) is 0 Å². The highest BCUT2D eigenvalue weighted by Crippen LogP contribution is 2.11. The molecule has 0 amide bonds. The smallest absolute Gasteiger partial charge is 0.325 e. The minimum Gasteiger partial charge on any atom is -0.480 e. The van der Waals surface area contributed by atoms with Gasteiger partial charge in [-0.15, -0.1) is 0 Å². The number of carbonyl (C=O) groups is 1. The lowest BCUT2D eigenvalue weighted by Crippen LogP contribution is -2.20. The maximum absolute atomic E-state index is 10.4. The second-order valence-corrected chi connectivity index (χ2v) is 2.33. The largest absolute Gasteiger partial charge is 0.480 e. The van der Waals surface area contributed by atoms with Crippen molar-refractivity contribution in [2.24, 2.45) is 5.73 Å². The summed E-state index contributed by atoms with van der Waals surface area (Å²) in [4.78, 5) is 14.1. The molecule has 12 heavy (non-hydrogen) atoms. The Kier molecular flexibility index (Phi) is 2.25. The van der Waals surface area contributed by atoms with Crippen molar-refractivity contribution in [3.8, 4) is 0 Å². The number of nitrogens with two attached hydrogens (primary N) is 2.